The van der Waals surface area contributed by atoms with Crippen LogP contribution in [0.3, 0.4) is 0 Å². The maximum Gasteiger partial charge on any atom is 0.321 e. The summed E-state index contributed by atoms with van der Waals surface area (Å²) in [7, 11) is 0. The van der Waals surface area contributed by atoms with Crippen molar-refractivity contribution in [2.75, 3.05) is 11.9 Å². The molecule has 6 heteroatoms. The monoisotopic (exact) mass is 248 g/mol. The number of hydrogen-bond donors (Lipinski definition) is 2. The molecule has 1 aromatic rings. The van der Waals surface area contributed by atoms with E-state index in [2.05, 4.69) is 20.6 Å². The number of hydrogen-bond acceptors (Lipinski definition) is 4. The summed E-state index contributed by atoms with van der Waals surface area (Å²) in [5.74, 6) is 0.352. The summed E-state index contributed by atoms with van der Waals surface area (Å²) in [5.41, 5.74) is 2.00. The van der Waals surface area contributed by atoms with Gasteiger partial charge in [-0.25, -0.2) is 14.8 Å². The van der Waals surface area contributed by atoms with Crippen molar-refractivity contribution in [3.05, 3.63) is 17.0 Å². The number of nitrogens with zero attached hydrogens (tertiary/aromatic N) is 2. The minimum atomic E-state index is -0.334. The lowest BCUT2D eigenvalue weighted by atomic mass is 9.94. The third kappa shape index (κ3) is 2.47. The number of ketones is 1. The van der Waals surface area contributed by atoms with Crippen molar-refractivity contribution < 1.29 is 9.59 Å². The van der Waals surface area contributed by atoms with E-state index in [9.17, 15) is 9.59 Å². The van der Waals surface area contributed by atoms with E-state index < -0.39 is 0 Å². The summed E-state index contributed by atoms with van der Waals surface area (Å²) in [6.07, 6.45) is 2.12. The molecule has 0 aliphatic heterocycles. The van der Waals surface area contributed by atoms with Gasteiger partial charge in [0.25, 0.3) is 0 Å². The molecule has 96 valence electrons. The number of aromatic nitrogens is 2. The molecule has 0 fully saturated rings. The first kappa shape index (κ1) is 12.5. The van der Waals surface area contributed by atoms with Gasteiger partial charge in [-0.05, 0) is 26.7 Å². The van der Waals surface area contributed by atoms with E-state index in [0.717, 1.165) is 18.5 Å². The van der Waals surface area contributed by atoms with Crippen LogP contribution in [0.15, 0.2) is 0 Å². The van der Waals surface area contributed by atoms with Crippen LogP contribution in [0.5, 0.6) is 0 Å². The van der Waals surface area contributed by atoms with E-state index in [1.807, 2.05) is 6.92 Å². The summed E-state index contributed by atoms with van der Waals surface area (Å²) in [5, 5.41) is 5.17. The average molecular weight is 248 g/mol. The van der Waals surface area contributed by atoms with Crippen LogP contribution in [0, 0.1) is 6.92 Å². The van der Waals surface area contributed by atoms with Crippen molar-refractivity contribution in [1.29, 1.82) is 0 Å². The van der Waals surface area contributed by atoms with Gasteiger partial charge in [0, 0.05) is 13.0 Å². The minimum Gasteiger partial charge on any atom is -0.338 e. The van der Waals surface area contributed by atoms with Crippen LogP contribution in [-0.2, 0) is 6.42 Å². The molecule has 0 spiro atoms. The molecule has 0 unspecified atom stereocenters. The zero-order valence-corrected chi connectivity index (χ0v) is 10.5. The Morgan fingerprint density at radius 2 is 2.11 bits per heavy atom. The zero-order chi connectivity index (χ0) is 13.1. The van der Waals surface area contributed by atoms with Crippen LogP contribution >= 0.6 is 0 Å². The van der Waals surface area contributed by atoms with Crippen LogP contribution in [0.2, 0.25) is 0 Å². The molecule has 0 bridgehead atoms. The number of aryl methyl sites for hydroxylation is 2. The molecule has 2 rings (SSSR count). The lowest BCUT2D eigenvalue weighted by molar-refractivity contribution is 0.0970. The van der Waals surface area contributed by atoms with Crippen LogP contribution in [0.1, 0.15) is 41.5 Å². The summed E-state index contributed by atoms with van der Waals surface area (Å²) in [6.45, 7) is 4.14. The Labute approximate surface area is 105 Å². The molecule has 2 amide bonds. The smallest absolute Gasteiger partial charge is 0.321 e. The lowest BCUT2D eigenvalue weighted by Crippen LogP contribution is -2.29. The third-order valence-electron chi connectivity index (χ3n) is 2.82. The number of amides is 2. The number of Topliss-reactive ketones (excluding diaryl/α,β-unsaturated/α-hetero) is 1. The number of anilines is 1. The molecule has 1 aliphatic rings. The molecular weight excluding hydrogens is 232 g/mol. The average Bonchev–Trinajstić information content (AvgIpc) is 2.28. The van der Waals surface area contributed by atoms with Gasteiger partial charge in [0.15, 0.2) is 5.78 Å². The highest BCUT2D eigenvalue weighted by atomic mass is 16.2. The molecule has 18 heavy (non-hydrogen) atoms. The molecule has 0 atom stereocenters. The molecule has 1 heterocycles. The Morgan fingerprint density at radius 3 is 2.83 bits per heavy atom. The Bertz CT molecular complexity index is 499. The fraction of sp³-hybridized carbons (Fsp3) is 0.500. The summed E-state index contributed by atoms with van der Waals surface area (Å²) in [4.78, 5) is 31.5. The maximum absolute atomic E-state index is 11.8. The second-order valence-corrected chi connectivity index (χ2v) is 4.22. The molecule has 1 aliphatic carbocycles. The summed E-state index contributed by atoms with van der Waals surface area (Å²) in [6, 6.07) is -0.334. The highest BCUT2D eigenvalue weighted by Crippen LogP contribution is 2.22. The quantitative estimate of drug-likeness (QED) is 0.829. The molecule has 0 saturated heterocycles. The first-order chi connectivity index (χ1) is 8.61. The second-order valence-electron chi connectivity index (χ2n) is 4.22. The number of nitrogens with one attached hydrogen (secondary N) is 2. The molecule has 6 nitrogen and oxygen atoms in total. The van der Waals surface area contributed by atoms with Gasteiger partial charge < -0.3 is 5.32 Å². The SMILES string of the molecule is CCNC(=O)Nc1nc(C)c2c(n1)CCCC2=O. The van der Waals surface area contributed by atoms with Gasteiger partial charge >= 0.3 is 6.03 Å². The van der Waals surface area contributed by atoms with E-state index in [-0.39, 0.29) is 17.8 Å². The zero-order valence-electron chi connectivity index (χ0n) is 10.5. The van der Waals surface area contributed by atoms with Crippen molar-refractivity contribution in [3.63, 3.8) is 0 Å². The van der Waals surface area contributed by atoms with Gasteiger partial charge in [0.2, 0.25) is 5.95 Å². The van der Waals surface area contributed by atoms with Crippen molar-refractivity contribution in [3.8, 4) is 0 Å². The molecule has 1 aromatic heterocycles. The number of urea groups is 1. The lowest BCUT2D eigenvalue weighted by Gasteiger charge is -2.16. The van der Waals surface area contributed by atoms with Crippen LogP contribution in [-0.4, -0.2) is 28.3 Å². The van der Waals surface area contributed by atoms with Crippen molar-refractivity contribution in [1.82, 2.24) is 15.3 Å². The highest BCUT2D eigenvalue weighted by Gasteiger charge is 2.22. The Hall–Kier alpha value is -1.98. The van der Waals surface area contributed by atoms with Gasteiger partial charge in [-0.1, -0.05) is 0 Å². The van der Waals surface area contributed by atoms with E-state index in [4.69, 9.17) is 0 Å². The highest BCUT2D eigenvalue weighted by molar-refractivity contribution is 5.99. The van der Waals surface area contributed by atoms with E-state index in [0.29, 0.717) is 24.2 Å². The van der Waals surface area contributed by atoms with E-state index in [1.165, 1.54) is 0 Å². The standard InChI is InChI=1S/C12H16N4O2/c1-3-13-12(18)16-11-14-7(2)10-8(15-11)5-4-6-9(10)17/h3-6H2,1-2H3,(H2,13,14,15,16,18). The van der Waals surface area contributed by atoms with Crippen molar-refractivity contribution in [2.45, 2.75) is 33.1 Å². The molecule has 0 saturated carbocycles. The minimum absolute atomic E-state index is 0.0957. The van der Waals surface area contributed by atoms with Gasteiger partial charge in [0.1, 0.15) is 0 Å². The summed E-state index contributed by atoms with van der Waals surface area (Å²) < 4.78 is 0. The first-order valence-corrected chi connectivity index (χ1v) is 6.07. The number of fused-ring (bicyclic) bond motifs is 1. The largest absolute Gasteiger partial charge is 0.338 e. The number of rotatable bonds is 2. The third-order valence-corrected chi connectivity index (χ3v) is 2.82. The molecule has 2 N–H and O–H groups in total. The normalized spacial score (nSPS) is 14.0. The van der Waals surface area contributed by atoms with Crippen LogP contribution in [0.25, 0.3) is 0 Å². The summed E-state index contributed by atoms with van der Waals surface area (Å²) >= 11 is 0. The van der Waals surface area contributed by atoms with E-state index >= 15 is 0 Å². The Balaban J connectivity index is 2.27. The Kier molecular flexibility index (Phi) is 3.55. The fourth-order valence-corrected chi connectivity index (χ4v) is 2.08. The van der Waals surface area contributed by atoms with Crippen molar-refractivity contribution >= 4 is 17.8 Å². The second kappa shape index (κ2) is 5.12. The number of carbonyl (C=O) groups excluding carboxylic acids is 2. The molecule has 0 aromatic carbocycles. The fourth-order valence-electron chi connectivity index (χ4n) is 2.08. The van der Waals surface area contributed by atoms with Gasteiger partial charge in [-0.3, -0.25) is 10.1 Å². The van der Waals surface area contributed by atoms with Gasteiger partial charge in [-0.15, -0.1) is 0 Å². The molecule has 0 radical (unpaired) electrons. The van der Waals surface area contributed by atoms with Gasteiger partial charge in [0.05, 0.1) is 17.0 Å². The number of carbonyl (C=O) groups is 2. The van der Waals surface area contributed by atoms with Crippen molar-refractivity contribution in [2.24, 2.45) is 0 Å². The van der Waals surface area contributed by atoms with Gasteiger partial charge in [-0.2, -0.15) is 0 Å². The first-order valence-electron chi connectivity index (χ1n) is 6.07. The maximum atomic E-state index is 11.8. The van der Waals surface area contributed by atoms with E-state index in [1.54, 1.807) is 6.92 Å². The predicted octanol–water partition coefficient (Wildman–Crippen LogP) is 1.45. The topological polar surface area (TPSA) is 84.0 Å². The van der Waals surface area contributed by atoms with Crippen LogP contribution < -0.4 is 10.6 Å². The Morgan fingerprint density at radius 1 is 1.33 bits per heavy atom. The molecular formula is C12H16N4O2. The predicted molar refractivity (Wildman–Crippen MR) is 66.7 cm³/mol. The van der Waals surface area contributed by atoms with Crippen LogP contribution in [0.4, 0.5) is 10.7 Å².